The Labute approximate surface area is 92.8 Å². The average Bonchev–Trinajstić information content (AvgIpc) is 2.85. The summed E-state index contributed by atoms with van der Waals surface area (Å²) in [5.41, 5.74) is -1.77. The summed E-state index contributed by atoms with van der Waals surface area (Å²) in [4.78, 5) is 39.5. The highest BCUT2D eigenvalue weighted by Crippen LogP contribution is 1.85. The van der Waals surface area contributed by atoms with Crippen molar-refractivity contribution in [1.29, 1.82) is 0 Å². The Bertz CT molecular complexity index is 525. The molecule has 2 rings (SSSR count). The van der Waals surface area contributed by atoms with Crippen molar-refractivity contribution >= 4 is 5.97 Å². The van der Waals surface area contributed by atoms with E-state index in [0.29, 0.717) is 0 Å². The minimum Gasteiger partial charge on any atom is -0.369 e. The number of aromatic amines is 3. The maximum absolute atomic E-state index is 10.6. The Balaban J connectivity index is 0.000000239. The van der Waals surface area contributed by atoms with E-state index in [0.717, 1.165) is 6.07 Å². The number of nitrogens with one attached hydrogen (secondary N) is 3. The van der Waals surface area contributed by atoms with Crippen LogP contribution in [0.4, 0.5) is 0 Å². The van der Waals surface area contributed by atoms with E-state index < -0.39 is 17.2 Å². The van der Waals surface area contributed by atoms with E-state index in [1.807, 2.05) is 9.97 Å². The maximum Gasteiger partial charge on any atom is 0.373 e. The molecule has 0 aliphatic rings. The predicted octanol–water partition coefficient (Wildman–Crippen LogP) is -2.10. The first-order valence-electron chi connectivity index (χ1n) is 4.18. The summed E-state index contributed by atoms with van der Waals surface area (Å²) in [7, 11) is 0. The second kappa shape index (κ2) is 5.97. The highest BCUT2D eigenvalue weighted by molar-refractivity contribution is 5.86. The van der Waals surface area contributed by atoms with Gasteiger partial charge in [-0.25, -0.2) is 9.59 Å². The normalized spacial score (nSPS) is 9.00. The fourth-order valence-electron chi connectivity index (χ4n) is 0.809. The lowest BCUT2D eigenvalue weighted by molar-refractivity contribution is 0.0495. The number of hydrogen-bond acceptors (Lipinski definition) is 7. The third kappa shape index (κ3) is 4.09. The van der Waals surface area contributed by atoms with Crippen LogP contribution in [0.1, 0.15) is 10.5 Å². The molecule has 2 heterocycles. The van der Waals surface area contributed by atoms with E-state index in [4.69, 9.17) is 0 Å². The topological polar surface area (TPSA) is 160 Å². The van der Waals surface area contributed by atoms with Gasteiger partial charge in [0.15, 0.2) is 0 Å². The average molecular weight is 240 g/mol. The number of hydrogen-bond donors (Lipinski definition) is 4. The molecule has 10 nitrogen and oxygen atoms in total. The molecule has 5 N–H and O–H groups in total. The van der Waals surface area contributed by atoms with Gasteiger partial charge in [0.1, 0.15) is 5.69 Å². The molecule has 0 spiro atoms. The van der Waals surface area contributed by atoms with E-state index in [-0.39, 0.29) is 5.69 Å². The molecule has 2 aromatic heterocycles. The van der Waals surface area contributed by atoms with Crippen LogP contribution >= 0.6 is 0 Å². The van der Waals surface area contributed by atoms with Crippen molar-refractivity contribution in [2.45, 2.75) is 0 Å². The van der Waals surface area contributed by atoms with Gasteiger partial charge in [0, 0.05) is 6.07 Å². The zero-order valence-corrected chi connectivity index (χ0v) is 8.34. The molecule has 0 radical (unpaired) electrons. The van der Waals surface area contributed by atoms with E-state index in [1.54, 1.807) is 12.4 Å². The van der Waals surface area contributed by atoms with Crippen LogP contribution in [-0.4, -0.2) is 31.3 Å². The molecular weight excluding hydrogens is 232 g/mol. The maximum atomic E-state index is 10.6. The van der Waals surface area contributed by atoms with Gasteiger partial charge in [-0.05, 0) is 0 Å². The lowest BCUT2D eigenvalue weighted by Crippen LogP contribution is -2.26. The number of aromatic nitrogens is 5. The van der Waals surface area contributed by atoms with Crippen LogP contribution in [0.5, 0.6) is 0 Å². The Hall–Kier alpha value is -2.75. The Morgan fingerprint density at radius 3 is 2.29 bits per heavy atom. The first-order valence-corrected chi connectivity index (χ1v) is 4.18. The first kappa shape index (κ1) is 12.3. The standard InChI is InChI=1S/C5H5N3O4.C2H3N3/c6-12-4(10)2-1-3(9)8-5(11)7-2;1-2-4-5-3-1/h1H,6H2,(H2,7,8,9,11);1-2H,(H,3,4,5). The summed E-state index contributed by atoms with van der Waals surface area (Å²) in [6.07, 6.45) is 3.17. The van der Waals surface area contributed by atoms with Crippen molar-refractivity contribution < 1.29 is 9.63 Å². The van der Waals surface area contributed by atoms with Gasteiger partial charge in [-0.2, -0.15) is 21.3 Å². The van der Waals surface area contributed by atoms with Gasteiger partial charge in [0.25, 0.3) is 5.56 Å². The zero-order valence-electron chi connectivity index (χ0n) is 8.34. The number of rotatable bonds is 1. The molecule has 0 unspecified atom stereocenters. The number of nitrogens with zero attached hydrogens (tertiary/aromatic N) is 2. The summed E-state index contributed by atoms with van der Waals surface area (Å²) < 4.78 is 0. The molecule has 0 saturated carbocycles. The molecule has 0 bridgehead atoms. The summed E-state index contributed by atoms with van der Waals surface area (Å²) in [6, 6.07) is 0.872. The van der Waals surface area contributed by atoms with Gasteiger partial charge in [-0.3, -0.25) is 9.78 Å². The molecular formula is C7H8N6O4. The molecule has 0 aromatic carbocycles. The molecule has 2 aromatic rings. The number of nitrogens with two attached hydrogens (primary N) is 1. The van der Waals surface area contributed by atoms with Crippen molar-refractivity contribution in [3.63, 3.8) is 0 Å². The zero-order chi connectivity index (χ0) is 12.7. The summed E-state index contributed by atoms with van der Waals surface area (Å²) in [6.45, 7) is 0. The third-order valence-electron chi connectivity index (χ3n) is 1.42. The SMILES string of the molecule is NOC(=O)c1cc(=O)[nH]c(=O)[nH]1.c1cn[nH]n1. The van der Waals surface area contributed by atoms with E-state index in [1.165, 1.54) is 0 Å². The van der Waals surface area contributed by atoms with Crippen molar-refractivity contribution in [2.75, 3.05) is 0 Å². The molecule has 0 aliphatic carbocycles. The lowest BCUT2D eigenvalue weighted by atomic mass is 10.4. The Kier molecular flexibility index (Phi) is 4.33. The van der Waals surface area contributed by atoms with Crippen LogP contribution in [-0.2, 0) is 4.84 Å². The molecule has 0 atom stereocenters. The van der Waals surface area contributed by atoms with Crippen molar-refractivity contribution in [3.8, 4) is 0 Å². The van der Waals surface area contributed by atoms with Crippen molar-refractivity contribution in [3.05, 3.63) is 45.0 Å². The van der Waals surface area contributed by atoms with Gasteiger partial charge in [-0.15, -0.1) is 0 Å². The molecule has 17 heavy (non-hydrogen) atoms. The van der Waals surface area contributed by atoms with Gasteiger partial charge in [0.05, 0.1) is 12.4 Å². The van der Waals surface area contributed by atoms with Crippen LogP contribution in [0, 0.1) is 0 Å². The first-order chi connectivity index (χ1) is 8.13. The molecule has 10 heteroatoms. The molecule has 0 fully saturated rings. The molecule has 0 aliphatic heterocycles. The van der Waals surface area contributed by atoms with Crippen LogP contribution in [0.2, 0.25) is 0 Å². The van der Waals surface area contributed by atoms with Crippen molar-refractivity contribution in [1.82, 2.24) is 25.4 Å². The molecule has 0 saturated heterocycles. The molecule has 0 amide bonds. The number of H-pyrrole nitrogens is 3. The number of carbonyl (C=O) groups excluding carboxylic acids is 1. The highest BCUT2D eigenvalue weighted by atomic mass is 16.7. The monoisotopic (exact) mass is 240 g/mol. The van der Waals surface area contributed by atoms with Crippen molar-refractivity contribution in [2.24, 2.45) is 5.90 Å². The molecule has 90 valence electrons. The highest BCUT2D eigenvalue weighted by Gasteiger charge is 2.07. The lowest BCUT2D eigenvalue weighted by Gasteiger charge is -1.94. The second-order valence-electron chi connectivity index (χ2n) is 2.56. The number of carbonyl (C=O) groups is 1. The summed E-state index contributed by atoms with van der Waals surface area (Å²) >= 11 is 0. The largest absolute Gasteiger partial charge is 0.373 e. The van der Waals surface area contributed by atoms with Crippen LogP contribution in [0.3, 0.4) is 0 Å². The van der Waals surface area contributed by atoms with Crippen LogP contribution < -0.4 is 17.1 Å². The van der Waals surface area contributed by atoms with Gasteiger partial charge in [-0.1, -0.05) is 0 Å². The Morgan fingerprint density at radius 1 is 1.24 bits per heavy atom. The minimum absolute atomic E-state index is 0.286. The quantitative estimate of drug-likeness (QED) is 0.415. The van der Waals surface area contributed by atoms with Gasteiger partial charge < -0.3 is 9.82 Å². The fourth-order valence-corrected chi connectivity index (χ4v) is 0.809. The van der Waals surface area contributed by atoms with Gasteiger partial charge >= 0.3 is 11.7 Å². The van der Waals surface area contributed by atoms with E-state index in [2.05, 4.69) is 26.1 Å². The van der Waals surface area contributed by atoms with Crippen LogP contribution in [0.25, 0.3) is 0 Å². The smallest absolute Gasteiger partial charge is 0.369 e. The van der Waals surface area contributed by atoms with Gasteiger partial charge in [0.2, 0.25) is 0 Å². The second-order valence-corrected chi connectivity index (χ2v) is 2.56. The summed E-state index contributed by atoms with van der Waals surface area (Å²) in [5.74, 6) is 3.55. The minimum atomic E-state index is -0.974. The Morgan fingerprint density at radius 2 is 1.88 bits per heavy atom. The van der Waals surface area contributed by atoms with Crippen LogP contribution in [0.15, 0.2) is 28.0 Å². The predicted molar refractivity (Wildman–Crippen MR) is 53.7 cm³/mol. The fraction of sp³-hybridized carbons (Fsp3) is 0. The van der Waals surface area contributed by atoms with E-state index >= 15 is 0 Å². The van der Waals surface area contributed by atoms with E-state index in [9.17, 15) is 14.4 Å². The third-order valence-corrected chi connectivity index (χ3v) is 1.42. The summed E-state index contributed by atoms with van der Waals surface area (Å²) in [5, 5.41) is 9.33.